The molecule has 1 aromatic heterocycles. The minimum Gasteiger partial charge on any atom is -0.495 e. The van der Waals surface area contributed by atoms with Gasteiger partial charge in [-0.3, -0.25) is 14.9 Å². The van der Waals surface area contributed by atoms with Crippen molar-refractivity contribution in [3.8, 4) is 11.4 Å². The van der Waals surface area contributed by atoms with Crippen molar-refractivity contribution in [1.29, 1.82) is 0 Å². The highest BCUT2D eigenvalue weighted by molar-refractivity contribution is 6.32. The molecule has 0 bridgehead atoms. The van der Waals surface area contributed by atoms with Gasteiger partial charge in [-0.05, 0) is 48.7 Å². The first-order valence-electron chi connectivity index (χ1n) is 8.97. The first-order valence-corrected chi connectivity index (χ1v) is 9.35. The highest BCUT2D eigenvalue weighted by Gasteiger charge is 2.29. The Morgan fingerprint density at radius 2 is 1.97 bits per heavy atom. The zero-order chi connectivity index (χ0) is 20.5. The number of ether oxygens (including phenoxy) is 1. The maximum absolute atomic E-state index is 13.2. The van der Waals surface area contributed by atoms with Gasteiger partial charge in [0.05, 0.1) is 23.4 Å². The first-order chi connectivity index (χ1) is 14.0. The SMILES string of the molecule is COc1ccc(Cl)c2c1N(C(=O)c1ccn(-c3ccc([N+](=O)[O-])cc3)n1)CCC2. The van der Waals surface area contributed by atoms with Gasteiger partial charge in [0, 0.05) is 29.9 Å². The van der Waals surface area contributed by atoms with Gasteiger partial charge in [0.2, 0.25) is 0 Å². The van der Waals surface area contributed by atoms with Gasteiger partial charge in [-0.1, -0.05) is 11.6 Å². The number of rotatable bonds is 4. The van der Waals surface area contributed by atoms with Crippen molar-refractivity contribution in [3.63, 3.8) is 0 Å². The summed E-state index contributed by atoms with van der Waals surface area (Å²) in [7, 11) is 1.56. The Balaban J connectivity index is 1.66. The number of nitro benzene ring substituents is 1. The number of nitrogens with zero attached hydrogens (tertiary/aromatic N) is 4. The number of non-ortho nitro benzene ring substituents is 1. The van der Waals surface area contributed by atoms with E-state index in [9.17, 15) is 14.9 Å². The molecule has 0 N–H and O–H groups in total. The van der Waals surface area contributed by atoms with Crippen molar-refractivity contribution >= 4 is 28.9 Å². The fourth-order valence-electron chi connectivity index (χ4n) is 3.46. The lowest BCUT2D eigenvalue weighted by atomic mass is 10.0. The molecule has 0 unspecified atom stereocenters. The fraction of sp³-hybridized carbons (Fsp3) is 0.200. The minimum absolute atomic E-state index is 0.00824. The minimum atomic E-state index is -0.464. The van der Waals surface area contributed by atoms with Crippen LogP contribution in [0.1, 0.15) is 22.5 Å². The Labute approximate surface area is 171 Å². The first kappa shape index (κ1) is 18.9. The third-order valence-electron chi connectivity index (χ3n) is 4.87. The van der Waals surface area contributed by atoms with Crippen molar-refractivity contribution in [3.05, 3.63) is 75.1 Å². The maximum Gasteiger partial charge on any atom is 0.278 e. The Kier molecular flexibility index (Phi) is 4.94. The number of methoxy groups -OCH3 is 1. The molecule has 1 amide bonds. The lowest BCUT2D eigenvalue weighted by molar-refractivity contribution is -0.384. The van der Waals surface area contributed by atoms with Crippen LogP contribution in [0.5, 0.6) is 5.75 Å². The van der Waals surface area contributed by atoms with Crippen LogP contribution in [-0.2, 0) is 6.42 Å². The molecule has 0 spiro atoms. The molecule has 0 fully saturated rings. The lowest BCUT2D eigenvalue weighted by Gasteiger charge is -2.31. The molecule has 0 aliphatic carbocycles. The summed E-state index contributed by atoms with van der Waals surface area (Å²) in [6.45, 7) is 0.535. The average Bonchev–Trinajstić information content (AvgIpc) is 3.24. The van der Waals surface area contributed by atoms with Gasteiger partial charge >= 0.3 is 0 Å². The van der Waals surface area contributed by atoms with E-state index in [2.05, 4.69) is 5.10 Å². The monoisotopic (exact) mass is 412 g/mol. The predicted octanol–water partition coefficient (Wildman–Crippen LogP) is 4.04. The number of carbonyl (C=O) groups is 1. The maximum atomic E-state index is 13.2. The van der Waals surface area contributed by atoms with Crippen molar-refractivity contribution in [1.82, 2.24) is 9.78 Å². The van der Waals surface area contributed by atoms with Crippen molar-refractivity contribution in [2.24, 2.45) is 0 Å². The Morgan fingerprint density at radius 1 is 1.21 bits per heavy atom. The molecule has 0 saturated heterocycles. The largest absolute Gasteiger partial charge is 0.495 e. The zero-order valence-electron chi connectivity index (χ0n) is 15.5. The van der Waals surface area contributed by atoms with Crippen LogP contribution in [0.2, 0.25) is 5.02 Å². The standard InChI is InChI=1S/C20H17ClN4O4/c1-29-18-9-8-16(21)15-3-2-11-23(19(15)18)20(26)17-10-12-24(22-17)13-4-6-14(7-5-13)25(27)28/h4-10,12H,2-3,11H2,1H3. The second-order valence-electron chi connectivity index (χ2n) is 6.56. The lowest BCUT2D eigenvalue weighted by Crippen LogP contribution is -2.36. The van der Waals surface area contributed by atoms with Crippen LogP contribution in [0, 0.1) is 10.1 Å². The molecular formula is C20H17ClN4O4. The molecule has 4 rings (SSSR count). The summed E-state index contributed by atoms with van der Waals surface area (Å²) < 4.78 is 6.97. The summed E-state index contributed by atoms with van der Waals surface area (Å²) in [4.78, 5) is 25.2. The van der Waals surface area contributed by atoms with Crippen molar-refractivity contribution in [2.75, 3.05) is 18.6 Å². The van der Waals surface area contributed by atoms with Crippen molar-refractivity contribution < 1.29 is 14.5 Å². The van der Waals surface area contributed by atoms with E-state index in [1.54, 1.807) is 48.5 Å². The summed E-state index contributed by atoms with van der Waals surface area (Å²) >= 11 is 6.35. The van der Waals surface area contributed by atoms with Crippen molar-refractivity contribution in [2.45, 2.75) is 12.8 Å². The Morgan fingerprint density at radius 3 is 2.66 bits per heavy atom. The summed E-state index contributed by atoms with van der Waals surface area (Å²) in [5, 5.41) is 15.8. The number of carbonyl (C=O) groups excluding carboxylic acids is 1. The summed E-state index contributed by atoms with van der Waals surface area (Å²) in [5.74, 6) is 0.333. The van der Waals surface area contributed by atoms with E-state index in [1.807, 2.05) is 0 Å². The predicted molar refractivity (Wildman–Crippen MR) is 108 cm³/mol. The molecular weight excluding hydrogens is 396 g/mol. The van der Waals surface area contributed by atoms with Crippen LogP contribution in [0.3, 0.4) is 0 Å². The summed E-state index contributed by atoms with van der Waals surface area (Å²) in [6, 6.07) is 11.1. The zero-order valence-corrected chi connectivity index (χ0v) is 16.3. The number of halogens is 1. The normalized spacial score (nSPS) is 13.1. The van der Waals surface area contributed by atoms with Gasteiger partial charge in [0.15, 0.2) is 5.69 Å². The van der Waals surface area contributed by atoms with Crippen LogP contribution in [0.25, 0.3) is 5.69 Å². The average molecular weight is 413 g/mol. The van der Waals surface area contributed by atoms with E-state index >= 15 is 0 Å². The third-order valence-corrected chi connectivity index (χ3v) is 5.22. The van der Waals surface area contributed by atoms with Gasteiger partial charge in [0.25, 0.3) is 11.6 Å². The number of aromatic nitrogens is 2. The topological polar surface area (TPSA) is 90.5 Å². The molecule has 0 saturated carbocycles. The van der Waals surface area contributed by atoms with Gasteiger partial charge in [0.1, 0.15) is 5.75 Å². The molecule has 1 aliphatic rings. The molecule has 2 heterocycles. The van der Waals surface area contributed by atoms with Crippen LogP contribution < -0.4 is 9.64 Å². The van der Waals surface area contributed by atoms with Gasteiger partial charge < -0.3 is 9.64 Å². The molecule has 29 heavy (non-hydrogen) atoms. The van der Waals surface area contributed by atoms with E-state index < -0.39 is 4.92 Å². The van der Waals surface area contributed by atoms with Gasteiger partial charge in [-0.15, -0.1) is 0 Å². The number of fused-ring (bicyclic) bond motifs is 1. The molecule has 9 heteroatoms. The second-order valence-corrected chi connectivity index (χ2v) is 6.96. The Hall–Kier alpha value is -3.39. The molecule has 8 nitrogen and oxygen atoms in total. The Bertz CT molecular complexity index is 1090. The van der Waals surface area contributed by atoms with E-state index in [1.165, 1.54) is 16.8 Å². The van der Waals surface area contributed by atoms with E-state index in [-0.39, 0.29) is 17.3 Å². The number of hydrogen-bond acceptors (Lipinski definition) is 5. The number of benzene rings is 2. The molecule has 3 aromatic rings. The molecule has 1 aliphatic heterocycles. The summed E-state index contributed by atoms with van der Waals surface area (Å²) in [6.07, 6.45) is 3.20. The van der Waals surface area contributed by atoms with Gasteiger partial charge in [-0.2, -0.15) is 5.10 Å². The molecule has 148 valence electrons. The van der Waals surface area contributed by atoms with Gasteiger partial charge in [-0.25, -0.2) is 4.68 Å². The highest BCUT2D eigenvalue weighted by atomic mass is 35.5. The van der Waals surface area contributed by atoms with Crippen LogP contribution in [0.15, 0.2) is 48.7 Å². The van der Waals surface area contributed by atoms with E-state index in [0.29, 0.717) is 28.7 Å². The number of anilines is 1. The second kappa shape index (κ2) is 7.56. The molecule has 0 radical (unpaired) electrons. The number of amides is 1. The quantitative estimate of drug-likeness (QED) is 0.476. The van der Waals surface area contributed by atoms with E-state index in [0.717, 1.165) is 18.4 Å². The van der Waals surface area contributed by atoms with Crippen LogP contribution in [-0.4, -0.2) is 34.3 Å². The number of hydrogen-bond donors (Lipinski definition) is 0. The fourth-order valence-corrected chi connectivity index (χ4v) is 3.71. The van der Waals surface area contributed by atoms with E-state index in [4.69, 9.17) is 16.3 Å². The highest BCUT2D eigenvalue weighted by Crippen LogP contribution is 2.40. The molecule has 0 atom stereocenters. The third kappa shape index (κ3) is 3.42. The molecule has 2 aromatic carbocycles. The van der Waals surface area contributed by atoms with Crippen LogP contribution >= 0.6 is 11.6 Å². The summed E-state index contributed by atoms with van der Waals surface area (Å²) in [5.41, 5.74) is 2.44. The number of nitro groups is 1. The van der Waals surface area contributed by atoms with Crippen LogP contribution in [0.4, 0.5) is 11.4 Å². The smallest absolute Gasteiger partial charge is 0.278 e.